The molecule has 2 aliphatic rings. The smallest absolute Gasteiger partial charge is 0.278 e. The third kappa shape index (κ3) is 3.30. The van der Waals surface area contributed by atoms with Gasteiger partial charge in [0.2, 0.25) is 0 Å². The highest BCUT2D eigenvalue weighted by Gasteiger charge is 2.31. The number of rotatable bonds is 4. The van der Waals surface area contributed by atoms with Gasteiger partial charge in [0.1, 0.15) is 12.1 Å². The minimum absolute atomic E-state index is 0.147. The molecule has 1 aliphatic heterocycles. The summed E-state index contributed by atoms with van der Waals surface area (Å²) in [5.41, 5.74) is 5.71. The van der Waals surface area contributed by atoms with Gasteiger partial charge in [0, 0.05) is 17.0 Å². The molecule has 0 saturated heterocycles. The molecule has 1 saturated carbocycles. The Hall–Kier alpha value is -3.61. The number of nitrogens with zero attached hydrogens (tertiary/aromatic N) is 5. The minimum atomic E-state index is -0.303. The summed E-state index contributed by atoms with van der Waals surface area (Å²) in [4.78, 5) is 14.2. The zero-order valence-electron chi connectivity index (χ0n) is 18.8. The molecule has 0 amide bonds. The Labute approximate surface area is 191 Å². The normalized spacial score (nSPS) is 17.5. The summed E-state index contributed by atoms with van der Waals surface area (Å²) in [6.45, 7) is 6.03. The second kappa shape index (κ2) is 7.47. The van der Waals surface area contributed by atoms with Crippen molar-refractivity contribution < 1.29 is 8.91 Å². The van der Waals surface area contributed by atoms with E-state index in [1.165, 1.54) is 24.5 Å². The Morgan fingerprint density at radius 3 is 2.64 bits per heavy atom. The molecular weight excluding hydrogens is 417 g/mol. The Bertz CT molecular complexity index is 1400. The molecule has 0 unspecified atom stereocenters. The number of benzene rings is 2. The Morgan fingerprint density at radius 2 is 1.91 bits per heavy atom. The van der Waals surface area contributed by atoms with Crippen molar-refractivity contribution in [2.24, 2.45) is 4.99 Å². The molecule has 0 spiro atoms. The lowest BCUT2D eigenvalue weighted by Crippen LogP contribution is -2.09. The van der Waals surface area contributed by atoms with E-state index in [1.807, 2.05) is 31.4 Å². The first kappa shape index (κ1) is 20.0. The number of halogens is 1. The van der Waals surface area contributed by atoms with Crippen LogP contribution in [-0.2, 0) is 0 Å². The van der Waals surface area contributed by atoms with Crippen LogP contribution in [0.15, 0.2) is 58.3 Å². The first-order valence-electron chi connectivity index (χ1n) is 11.4. The second-order valence-electron chi connectivity index (χ2n) is 9.15. The summed E-state index contributed by atoms with van der Waals surface area (Å²) >= 11 is 0. The van der Waals surface area contributed by atoms with Crippen molar-refractivity contribution >= 4 is 5.71 Å². The number of aromatic nitrogens is 4. The maximum Gasteiger partial charge on any atom is 0.278 e. The van der Waals surface area contributed by atoms with Gasteiger partial charge in [0.25, 0.3) is 5.89 Å². The van der Waals surface area contributed by atoms with Crippen molar-refractivity contribution in [1.29, 1.82) is 0 Å². The van der Waals surface area contributed by atoms with Gasteiger partial charge in [-0.2, -0.15) is 4.98 Å². The minimum Gasteiger partial charge on any atom is -0.332 e. The van der Waals surface area contributed by atoms with Crippen LogP contribution < -0.4 is 0 Å². The molecule has 1 atom stereocenters. The largest absolute Gasteiger partial charge is 0.332 e. The molecule has 6 nitrogen and oxygen atoms in total. The van der Waals surface area contributed by atoms with Crippen molar-refractivity contribution in [3.05, 3.63) is 82.8 Å². The molecule has 2 aromatic heterocycles. The van der Waals surface area contributed by atoms with Crippen LogP contribution >= 0.6 is 0 Å². The van der Waals surface area contributed by atoms with E-state index in [4.69, 9.17) is 9.52 Å². The molecule has 33 heavy (non-hydrogen) atoms. The molecule has 0 bridgehead atoms. The van der Waals surface area contributed by atoms with E-state index in [9.17, 15) is 4.39 Å². The average Bonchev–Trinajstić information content (AvgIpc) is 3.40. The molecule has 166 valence electrons. The first-order valence-corrected chi connectivity index (χ1v) is 11.4. The quantitative estimate of drug-likeness (QED) is 0.391. The zero-order valence-corrected chi connectivity index (χ0v) is 18.8. The van der Waals surface area contributed by atoms with E-state index in [1.54, 1.807) is 18.5 Å². The van der Waals surface area contributed by atoms with Gasteiger partial charge in [0.15, 0.2) is 11.5 Å². The fraction of sp³-hybridized carbons (Fsp3) is 0.308. The number of hydrogen-bond donors (Lipinski definition) is 0. The molecule has 3 heterocycles. The van der Waals surface area contributed by atoms with E-state index in [2.05, 4.69) is 33.3 Å². The number of imidazole rings is 1. The van der Waals surface area contributed by atoms with Gasteiger partial charge in [-0.15, -0.1) is 0 Å². The third-order valence-electron chi connectivity index (χ3n) is 6.40. The van der Waals surface area contributed by atoms with Crippen molar-refractivity contribution in [3.8, 4) is 17.3 Å². The molecule has 0 radical (unpaired) electrons. The molecule has 1 fully saturated rings. The summed E-state index contributed by atoms with van der Waals surface area (Å²) in [5, 5.41) is 4.10. The summed E-state index contributed by atoms with van der Waals surface area (Å²) in [6.07, 6.45) is 4.16. The van der Waals surface area contributed by atoms with Crippen LogP contribution in [0.5, 0.6) is 0 Å². The van der Waals surface area contributed by atoms with Gasteiger partial charge in [0.05, 0.1) is 23.1 Å². The topological polar surface area (TPSA) is 69.1 Å². The van der Waals surface area contributed by atoms with Gasteiger partial charge in [-0.1, -0.05) is 37.2 Å². The monoisotopic (exact) mass is 441 g/mol. The molecular formula is C26H24FN5O. The number of fused-ring (bicyclic) bond motifs is 3. The second-order valence-corrected chi connectivity index (χ2v) is 9.15. The molecule has 0 N–H and O–H groups in total. The standard InChI is InChI=1S/C26H24FN5O/c1-14(2)25-30-26(33-31-25)23-24-15(3)29-22(18-6-4-5-7-20(18)27)19-12-17(16-8-9-16)10-11-21(19)32(24)13-28-23/h4-7,10-16H,8-9H2,1-3H3/t15-/m1/s1. The van der Waals surface area contributed by atoms with Gasteiger partial charge in [-0.25, -0.2) is 9.37 Å². The van der Waals surface area contributed by atoms with Gasteiger partial charge in [-0.05, 0) is 55.5 Å². The van der Waals surface area contributed by atoms with Crippen molar-refractivity contribution in [2.75, 3.05) is 0 Å². The lowest BCUT2D eigenvalue weighted by Gasteiger charge is -2.14. The maximum atomic E-state index is 14.9. The van der Waals surface area contributed by atoms with Crippen LogP contribution in [0.3, 0.4) is 0 Å². The maximum absolute atomic E-state index is 14.9. The molecule has 1 aliphatic carbocycles. The molecule has 6 rings (SSSR count). The number of aliphatic imine (C=N–C) groups is 1. The van der Waals surface area contributed by atoms with Crippen LogP contribution in [0.25, 0.3) is 17.3 Å². The Kier molecular flexibility index (Phi) is 4.54. The van der Waals surface area contributed by atoms with Crippen LogP contribution in [0, 0.1) is 5.82 Å². The van der Waals surface area contributed by atoms with Crippen LogP contribution in [-0.4, -0.2) is 25.4 Å². The van der Waals surface area contributed by atoms with Gasteiger partial charge >= 0.3 is 0 Å². The fourth-order valence-electron chi connectivity index (χ4n) is 4.50. The molecule has 4 aromatic rings. The highest BCUT2D eigenvalue weighted by atomic mass is 19.1. The van der Waals surface area contributed by atoms with Crippen LogP contribution in [0.4, 0.5) is 4.39 Å². The summed E-state index contributed by atoms with van der Waals surface area (Å²) in [6, 6.07) is 13.0. The molecule has 7 heteroatoms. The van der Waals surface area contributed by atoms with E-state index in [0.717, 1.165) is 16.9 Å². The SMILES string of the molecule is CC(C)c1noc(-c2ncn3c2[C@@H](C)N=C(c2ccccc2F)c2cc(C4CC4)ccc2-3)n1. The van der Waals surface area contributed by atoms with Crippen molar-refractivity contribution in [3.63, 3.8) is 0 Å². The number of hydrogen-bond acceptors (Lipinski definition) is 5. The van der Waals surface area contributed by atoms with Crippen LogP contribution in [0.2, 0.25) is 0 Å². The van der Waals surface area contributed by atoms with E-state index < -0.39 is 0 Å². The summed E-state index contributed by atoms with van der Waals surface area (Å²) in [7, 11) is 0. The van der Waals surface area contributed by atoms with Gasteiger partial charge in [-0.3, -0.25) is 9.56 Å². The van der Waals surface area contributed by atoms with E-state index in [-0.39, 0.29) is 17.8 Å². The van der Waals surface area contributed by atoms with E-state index >= 15 is 0 Å². The predicted molar refractivity (Wildman–Crippen MR) is 123 cm³/mol. The molecule has 2 aromatic carbocycles. The van der Waals surface area contributed by atoms with Crippen LogP contribution in [0.1, 0.15) is 79.7 Å². The summed E-state index contributed by atoms with van der Waals surface area (Å²) < 4.78 is 22.5. The predicted octanol–water partition coefficient (Wildman–Crippen LogP) is 5.97. The Morgan fingerprint density at radius 1 is 1.09 bits per heavy atom. The zero-order chi connectivity index (χ0) is 22.7. The highest BCUT2D eigenvalue weighted by molar-refractivity contribution is 6.15. The lowest BCUT2D eigenvalue weighted by molar-refractivity contribution is 0.417. The highest BCUT2D eigenvalue weighted by Crippen LogP contribution is 2.43. The van der Waals surface area contributed by atoms with Crippen molar-refractivity contribution in [1.82, 2.24) is 19.7 Å². The Balaban J connectivity index is 1.58. The van der Waals surface area contributed by atoms with Crippen molar-refractivity contribution in [2.45, 2.75) is 51.5 Å². The lowest BCUT2D eigenvalue weighted by atomic mass is 9.96. The fourth-order valence-corrected chi connectivity index (χ4v) is 4.50. The third-order valence-corrected chi connectivity index (χ3v) is 6.40. The van der Waals surface area contributed by atoms with Gasteiger partial charge < -0.3 is 4.52 Å². The first-order chi connectivity index (χ1) is 16.0. The average molecular weight is 442 g/mol. The van der Waals surface area contributed by atoms with E-state index in [0.29, 0.717) is 34.6 Å². The summed E-state index contributed by atoms with van der Waals surface area (Å²) in [5.74, 6) is 1.45.